The van der Waals surface area contributed by atoms with Crippen molar-refractivity contribution in [3.8, 4) is 6.07 Å². The van der Waals surface area contributed by atoms with E-state index < -0.39 is 5.54 Å². The minimum Gasteiger partial charge on any atom is -0.312 e. The van der Waals surface area contributed by atoms with Crippen LogP contribution in [0.1, 0.15) is 12.8 Å². The van der Waals surface area contributed by atoms with Crippen molar-refractivity contribution < 1.29 is 0 Å². The summed E-state index contributed by atoms with van der Waals surface area (Å²) in [6.45, 7) is 0. The monoisotopic (exact) mass is 222 g/mol. The van der Waals surface area contributed by atoms with E-state index in [4.69, 9.17) is 11.0 Å². The molecular weight excluding hydrogens is 208 g/mol. The third-order valence-corrected chi connectivity index (χ3v) is 3.84. The maximum absolute atomic E-state index is 9.07. The lowest BCUT2D eigenvalue weighted by Crippen LogP contribution is -2.43. The summed E-state index contributed by atoms with van der Waals surface area (Å²) < 4.78 is 1.75. The predicted octanol–water partition coefficient (Wildman–Crippen LogP) is 1.14. The van der Waals surface area contributed by atoms with Crippen molar-refractivity contribution in [2.75, 3.05) is 5.75 Å². The molecule has 2 N–H and O–H groups in total. The van der Waals surface area contributed by atoms with Gasteiger partial charge >= 0.3 is 0 Å². The zero-order valence-electron chi connectivity index (χ0n) is 8.68. The molecule has 0 radical (unpaired) electrons. The second kappa shape index (κ2) is 3.87. The first-order valence-electron chi connectivity index (χ1n) is 4.95. The zero-order chi connectivity index (χ0) is 10.9. The Morgan fingerprint density at radius 1 is 1.80 bits per heavy atom. The van der Waals surface area contributed by atoms with Crippen molar-refractivity contribution in [3.63, 3.8) is 0 Å². The Morgan fingerprint density at radius 3 is 3.00 bits per heavy atom. The van der Waals surface area contributed by atoms with E-state index in [2.05, 4.69) is 11.2 Å². The molecule has 1 fully saturated rings. The lowest BCUT2D eigenvalue weighted by atomic mass is 10.00. The van der Waals surface area contributed by atoms with Gasteiger partial charge in [0, 0.05) is 23.9 Å². The van der Waals surface area contributed by atoms with Crippen LogP contribution in [-0.2, 0) is 7.05 Å². The number of nitriles is 1. The number of thioether (sulfide) groups is 1. The van der Waals surface area contributed by atoms with Crippen LogP contribution in [0.2, 0.25) is 0 Å². The summed E-state index contributed by atoms with van der Waals surface area (Å²) >= 11 is 1.61. The number of aryl methyl sites for hydroxylation is 1. The molecule has 1 aromatic rings. The van der Waals surface area contributed by atoms with Crippen molar-refractivity contribution in [1.82, 2.24) is 9.78 Å². The average molecular weight is 222 g/mol. The molecule has 1 aliphatic rings. The quantitative estimate of drug-likeness (QED) is 0.776. The Labute approximate surface area is 93.4 Å². The van der Waals surface area contributed by atoms with Gasteiger partial charge in [-0.25, -0.2) is 0 Å². The van der Waals surface area contributed by atoms with Crippen molar-refractivity contribution in [1.29, 1.82) is 5.26 Å². The lowest BCUT2D eigenvalue weighted by molar-refractivity contribution is 0.532. The van der Waals surface area contributed by atoms with Crippen LogP contribution in [-0.4, -0.2) is 21.1 Å². The maximum atomic E-state index is 9.07. The molecular formula is C10H14N4S. The molecule has 2 rings (SSSR count). The van der Waals surface area contributed by atoms with Crippen LogP contribution in [0.25, 0.3) is 0 Å². The molecule has 15 heavy (non-hydrogen) atoms. The summed E-state index contributed by atoms with van der Waals surface area (Å²) in [6, 6.07) is 2.25. The highest BCUT2D eigenvalue weighted by atomic mass is 32.2. The van der Waals surface area contributed by atoms with E-state index in [1.165, 1.54) is 0 Å². The summed E-state index contributed by atoms with van der Waals surface area (Å²) in [4.78, 5) is 1.07. The Morgan fingerprint density at radius 2 is 2.53 bits per heavy atom. The highest BCUT2D eigenvalue weighted by Crippen LogP contribution is 2.40. The van der Waals surface area contributed by atoms with Gasteiger partial charge in [0.1, 0.15) is 5.54 Å². The zero-order valence-corrected chi connectivity index (χ0v) is 9.50. The minimum absolute atomic E-state index is 0.395. The first-order valence-corrected chi connectivity index (χ1v) is 5.94. The Kier molecular flexibility index (Phi) is 2.72. The van der Waals surface area contributed by atoms with E-state index in [1.807, 2.05) is 13.2 Å². The van der Waals surface area contributed by atoms with Gasteiger partial charge in [-0.1, -0.05) is 0 Å². The van der Waals surface area contributed by atoms with Crippen LogP contribution < -0.4 is 5.73 Å². The average Bonchev–Trinajstić information content (AvgIpc) is 3.00. The predicted molar refractivity (Wildman–Crippen MR) is 59.2 cm³/mol. The van der Waals surface area contributed by atoms with Crippen LogP contribution >= 0.6 is 11.8 Å². The molecule has 1 unspecified atom stereocenters. The molecule has 1 atom stereocenters. The van der Waals surface area contributed by atoms with Crippen LogP contribution in [0.3, 0.4) is 0 Å². The van der Waals surface area contributed by atoms with E-state index >= 15 is 0 Å². The third-order valence-electron chi connectivity index (χ3n) is 2.67. The number of hydrogen-bond acceptors (Lipinski definition) is 4. The molecule has 1 aromatic heterocycles. The highest BCUT2D eigenvalue weighted by Gasteiger charge is 2.42. The Hall–Kier alpha value is -0.990. The van der Waals surface area contributed by atoms with Gasteiger partial charge in [0.15, 0.2) is 0 Å². The number of nitrogens with two attached hydrogens (primary N) is 1. The largest absolute Gasteiger partial charge is 0.312 e. The molecule has 5 heteroatoms. The molecule has 1 heterocycles. The van der Waals surface area contributed by atoms with E-state index in [0.717, 1.165) is 17.7 Å². The van der Waals surface area contributed by atoms with Crippen LogP contribution in [0, 0.1) is 17.2 Å². The fourth-order valence-corrected chi connectivity index (χ4v) is 2.57. The molecule has 1 saturated carbocycles. The SMILES string of the molecule is Cn1cc(SCC(N)(C#N)C2CC2)cn1. The standard InChI is InChI=1S/C10H14N4S/c1-14-5-9(4-13-14)15-7-10(12,6-11)8-2-3-8/h4-5,8H,2-3,7,12H2,1H3. The second-order valence-corrected chi connectivity index (χ2v) is 5.11. The Bertz CT molecular complexity index is 390. The second-order valence-electron chi connectivity index (χ2n) is 4.06. The number of aromatic nitrogens is 2. The van der Waals surface area contributed by atoms with Gasteiger partial charge in [0.05, 0.1) is 12.3 Å². The van der Waals surface area contributed by atoms with E-state index in [1.54, 1.807) is 22.6 Å². The molecule has 1 aliphatic carbocycles. The summed E-state index contributed by atoms with van der Waals surface area (Å²) in [5, 5.41) is 13.1. The van der Waals surface area contributed by atoms with Crippen LogP contribution in [0.15, 0.2) is 17.3 Å². The highest BCUT2D eigenvalue weighted by molar-refractivity contribution is 7.99. The molecule has 80 valence electrons. The van der Waals surface area contributed by atoms with Crippen molar-refractivity contribution in [2.24, 2.45) is 18.7 Å². The number of hydrogen-bond donors (Lipinski definition) is 1. The fraction of sp³-hybridized carbons (Fsp3) is 0.600. The summed E-state index contributed by atoms with van der Waals surface area (Å²) in [5.41, 5.74) is 5.40. The van der Waals surface area contributed by atoms with Gasteiger partial charge in [0.2, 0.25) is 0 Å². The summed E-state index contributed by atoms with van der Waals surface area (Å²) in [7, 11) is 1.88. The number of nitrogens with zero attached hydrogens (tertiary/aromatic N) is 3. The van der Waals surface area contributed by atoms with Gasteiger partial charge in [-0.05, 0) is 18.8 Å². The molecule has 0 saturated heterocycles. The molecule has 0 spiro atoms. The van der Waals surface area contributed by atoms with Gasteiger partial charge < -0.3 is 5.73 Å². The topological polar surface area (TPSA) is 67.6 Å². The van der Waals surface area contributed by atoms with Gasteiger partial charge in [-0.2, -0.15) is 10.4 Å². The smallest absolute Gasteiger partial charge is 0.116 e. The minimum atomic E-state index is -0.652. The van der Waals surface area contributed by atoms with Gasteiger partial charge in [-0.3, -0.25) is 4.68 Å². The molecule has 4 nitrogen and oxygen atoms in total. The lowest BCUT2D eigenvalue weighted by Gasteiger charge is -2.19. The first kappa shape index (κ1) is 10.5. The van der Waals surface area contributed by atoms with Gasteiger partial charge in [-0.15, -0.1) is 11.8 Å². The Balaban J connectivity index is 1.94. The van der Waals surface area contributed by atoms with E-state index in [9.17, 15) is 0 Å². The number of rotatable bonds is 4. The fourth-order valence-electron chi connectivity index (χ4n) is 1.52. The first-order chi connectivity index (χ1) is 7.14. The molecule has 0 aromatic carbocycles. The normalized spacial score (nSPS) is 19.5. The van der Waals surface area contributed by atoms with Crippen molar-refractivity contribution >= 4 is 11.8 Å². The van der Waals surface area contributed by atoms with Crippen molar-refractivity contribution in [2.45, 2.75) is 23.3 Å². The molecule has 0 aliphatic heterocycles. The van der Waals surface area contributed by atoms with E-state index in [-0.39, 0.29) is 0 Å². The van der Waals surface area contributed by atoms with Crippen LogP contribution in [0.5, 0.6) is 0 Å². The summed E-state index contributed by atoms with van der Waals surface area (Å²) in [5.74, 6) is 1.05. The van der Waals surface area contributed by atoms with E-state index in [0.29, 0.717) is 11.7 Å². The van der Waals surface area contributed by atoms with Crippen LogP contribution in [0.4, 0.5) is 0 Å². The van der Waals surface area contributed by atoms with Crippen molar-refractivity contribution in [3.05, 3.63) is 12.4 Å². The molecule has 0 amide bonds. The molecule has 0 bridgehead atoms. The summed E-state index contributed by atoms with van der Waals surface area (Å²) in [6.07, 6.45) is 5.93. The maximum Gasteiger partial charge on any atom is 0.116 e. The third kappa shape index (κ3) is 2.33. The van der Waals surface area contributed by atoms with Gasteiger partial charge in [0.25, 0.3) is 0 Å².